The molecular formula is C20H29N2P. The van der Waals surface area contributed by atoms with Gasteiger partial charge in [0.1, 0.15) is 0 Å². The van der Waals surface area contributed by atoms with Gasteiger partial charge in [-0.3, -0.25) is 0 Å². The molecule has 0 heterocycles. The molecule has 0 radical (unpaired) electrons. The molecule has 0 spiro atoms. The van der Waals surface area contributed by atoms with Crippen molar-refractivity contribution in [2.75, 3.05) is 10.2 Å². The molecule has 124 valence electrons. The van der Waals surface area contributed by atoms with Gasteiger partial charge in [0, 0.05) is 11.4 Å². The first-order chi connectivity index (χ1) is 10.7. The van der Waals surface area contributed by atoms with Crippen molar-refractivity contribution < 1.29 is 0 Å². The summed E-state index contributed by atoms with van der Waals surface area (Å²) < 4.78 is 0. The zero-order chi connectivity index (χ0) is 17.1. The predicted molar refractivity (Wildman–Crippen MR) is 106 cm³/mol. The molecule has 0 aliphatic heterocycles. The van der Waals surface area contributed by atoms with Crippen molar-refractivity contribution in [3.63, 3.8) is 0 Å². The molecule has 0 aliphatic rings. The molecule has 0 amide bonds. The highest BCUT2D eigenvalue weighted by Gasteiger charge is 2.18. The topological polar surface area (TPSA) is 24.1 Å². The monoisotopic (exact) mass is 328 g/mol. The fraction of sp³-hybridized carbons (Fsp3) is 0.400. The molecule has 0 atom stereocenters. The summed E-state index contributed by atoms with van der Waals surface area (Å²) in [5.74, 6) is 0. The zero-order valence-electron chi connectivity index (χ0n) is 15.1. The van der Waals surface area contributed by atoms with E-state index in [1.807, 2.05) is 0 Å². The van der Waals surface area contributed by atoms with Crippen molar-refractivity contribution in [2.24, 2.45) is 0 Å². The first kappa shape index (κ1) is 17.8. The lowest BCUT2D eigenvalue weighted by Crippen LogP contribution is -2.14. The molecule has 23 heavy (non-hydrogen) atoms. The number of rotatable bonds is 4. The molecular weight excluding hydrogens is 299 g/mol. The molecule has 0 saturated carbocycles. The van der Waals surface area contributed by atoms with Crippen molar-refractivity contribution in [2.45, 2.75) is 52.4 Å². The average Bonchev–Trinajstić information content (AvgIpc) is 2.46. The number of benzene rings is 2. The minimum absolute atomic E-state index is 0.136. The fourth-order valence-corrected chi connectivity index (χ4v) is 3.43. The summed E-state index contributed by atoms with van der Waals surface area (Å²) in [5, 5.41) is 7.13. The van der Waals surface area contributed by atoms with E-state index < -0.39 is 0 Å². The third kappa shape index (κ3) is 4.72. The van der Waals surface area contributed by atoms with Gasteiger partial charge in [-0.25, -0.2) is 0 Å². The molecule has 0 fully saturated rings. The van der Waals surface area contributed by atoms with Gasteiger partial charge in [0.05, 0.1) is 8.88 Å². The van der Waals surface area contributed by atoms with Crippen LogP contribution >= 0.6 is 8.88 Å². The molecule has 2 N–H and O–H groups in total. The Bertz CT molecular complexity index is 594. The van der Waals surface area contributed by atoms with Gasteiger partial charge in [-0.15, -0.1) is 0 Å². The number of anilines is 2. The maximum atomic E-state index is 3.56. The van der Waals surface area contributed by atoms with Gasteiger partial charge in [0.15, 0.2) is 0 Å². The van der Waals surface area contributed by atoms with Gasteiger partial charge < -0.3 is 10.2 Å². The molecule has 2 aromatic rings. The first-order valence-electron chi connectivity index (χ1n) is 8.15. The molecule has 2 nitrogen and oxygen atoms in total. The van der Waals surface area contributed by atoms with E-state index in [9.17, 15) is 0 Å². The average molecular weight is 328 g/mol. The second-order valence-corrected chi connectivity index (χ2v) is 8.72. The lowest BCUT2D eigenvalue weighted by Gasteiger charge is -2.25. The van der Waals surface area contributed by atoms with Crippen LogP contribution in [0.15, 0.2) is 48.5 Å². The predicted octanol–water partition coefficient (Wildman–Crippen LogP) is 6.31. The van der Waals surface area contributed by atoms with Gasteiger partial charge >= 0.3 is 0 Å². The Hall–Kier alpha value is -1.53. The molecule has 2 rings (SSSR count). The minimum Gasteiger partial charge on any atom is -0.350 e. The molecule has 3 heteroatoms. The summed E-state index contributed by atoms with van der Waals surface area (Å²) in [6.07, 6.45) is 0. The zero-order valence-corrected chi connectivity index (χ0v) is 16.1. The van der Waals surface area contributed by atoms with Crippen LogP contribution in [0, 0.1) is 0 Å². The van der Waals surface area contributed by atoms with Crippen LogP contribution in [0.4, 0.5) is 11.4 Å². The Kier molecular flexibility index (Phi) is 5.37. The van der Waals surface area contributed by atoms with Crippen LogP contribution in [0.2, 0.25) is 0 Å². The van der Waals surface area contributed by atoms with Crippen molar-refractivity contribution in [1.82, 2.24) is 0 Å². The van der Waals surface area contributed by atoms with Crippen LogP contribution in [0.25, 0.3) is 0 Å². The number of hydrogen-bond acceptors (Lipinski definition) is 2. The van der Waals surface area contributed by atoms with Crippen LogP contribution in [-0.2, 0) is 10.8 Å². The third-order valence-corrected chi connectivity index (χ3v) is 4.65. The van der Waals surface area contributed by atoms with Gasteiger partial charge in [-0.05, 0) is 34.1 Å². The second-order valence-electron chi connectivity index (χ2n) is 7.97. The fourth-order valence-electron chi connectivity index (χ4n) is 2.66. The maximum absolute atomic E-state index is 3.56. The van der Waals surface area contributed by atoms with Crippen LogP contribution in [0.3, 0.4) is 0 Å². The molecule has 0 saturated heterocycles. The highest BCUT2D eigenvalue weighted by Crippen LogP contribution is 2.34. The lowest BCUT2D eigenvalue weighted by atomic mass is 9.86. The summed E-state index contributed by atoms with van der Waals surface area (Å²) >= 11 is 0. The highest BCUT2D eigenvalue weighted by atomic mass is 31.1. The Morgan fingerprint density at radius 3 is 1.30 bits per heavy atom. The lowest BCUT2D eigenvalue weighted by molar-refractivity contribution is 0.592. The number of nitrogens with one attached hydrogen (secondary N) is 2. The smallest absolute Gasteiger partial charge is 0.0743 e. The molecule has 0 bridgehead atoms. The van der Waals surface area contributed by atoms with Crippen LogP contribution in [0.5, 0.6) is 0 Å². The van der Waals surface area contributed by atoms with E-state index in [4.69, 9.17) is 0 Å². The summed E-state index contributed by atoms with van der Waals surface area (Å²) in [4.78, 5) is 0. The summed E-state index contributed by atoms with van der Waals surface area (Å²) in [5.41, 5.74) is 5.38. The van der Waals surface area contributed by atoms with Gasteiger partial charge in [0.2, 0.25) is 0 Å². The number of hydrogen-bond donors (Lipinski definition) is 2. The van der Waals surface area contributed by atoms with Crippen LogP contribution in [0.1, 0.15) is 52.7 Å². The van der Waals surface area contributed by atoms with E-state index in [-0.39, 0.29) is 10.8 Å². The largest absolute Gasteiger partial charge is 0.350 e. The summed E-state index contributed by atoms with van der Waals surface area (Å²) in [6, 6.07) is 17.1. The molecule has 2 aromatic carbocycles. The van der Waals surface area contributed by atoms with Gasteiger partial charge in [-0.1, -0.05) is 77.9 Å². The van der Waals surface area contributed by atoms with Gasteiger partial charge in [-0.2, -0.15) is 0 Å². The SMILES string of the molecule is CC(C)(C)c1ccccc1NPNc1ccccc1C(C)(C)C. The molecule has 0 unspecified atom stereocenters. The summed E-state index contributed by atoms with van der Waals surface area (Å²) in [7, 11) is 0.438. The van der Waals surface area contributed by atoms with Crippen LogP contribution < -0.4 is 10.2 Å². The Morgan fingerprint density at radius 2 is 0.957 bits per heavy atom. The molecule has 0 aromatic heterocycles. The van der Waals surface area contributed by atoms with Crippen molar-refractivity contribution in [3.05, 3.63) is 59.7 Å². The van der Waals surface area contributed by atoms with E-state index in [0.717, 1.165) is 0 Å². The third-order valence-electron chi connectivity index (χ3n) is 3.86. The van der Waals surface area contributed by atoms with E-state index in [2.05, 4.69) is 100 Å². The Balaban J connectivity index is 2.11. The number of para-hydroxylation sites is 2. The Labute approximate surface area is 143 Å². The van der Waals surface area contributed by atoms with E-state index in [1.54, 1.807) is 0 Å². The van der Waals surface area contributed by atoms with Crippen molar-refractivity contribution in [3.8, 4) is 0 Å². The highest BCUT2D eigenvalue weighted by molar-refractivity contribution is 7.41. The van der Waals surface area contributed by atoms with Gasteiger partial charge in [0.25, 0.3) is 0 Å². The van der Waals surface area contributed by atoms with E-state index >= 15 is 0 Å². The second kappa shape index (κ2) is 6.93. The van der Waals surface area contributed by atoms with E-state index in [1.165, 1.54) is 22.5 Å². The van der Waals surface area contributed by atoms with Crippen LogP contribution in [-0.4, -0.2) is 0 Å². The van der Waals surface area contributed by atoms with Crippen molar-refractivity contribution in [1.29, 1.82) is 0 Å². The quantitative estimate of drug-likeness (QED) is 0.642. The maximum Gasteiger partial charge on any atom is 0.0743 e. The summed E-state index contributed by atoms with van der Waals surface area (Å²) in [6.45, 7) is 13.5. The van der Waals surface area contributed by atoms with E-state index in [0.29, 0.717) is 8.88 Å². The molecule has 0 aliphatic carbocycles. The minimum atomic E-state index is 0.136. The Morgan fingerprint density at radius 1 is 0.609 bits per heavy atom. The van der Waals surface area contributed by atoms with Crippen molar-refractivity contribution >= 4 is 20.3 Å². The first-order valence-corrected chi connectivity index (χ1v) is 9.15. The normalized spacial score (nSPS) is 12.1. The standard InChI is InChI=1S/C20H29N2P/c1-19(2,3)15-11-7-9-13-17(15)21-23-22-18-14-10-8-12-16(18)20(4,5)6/h7-14,21-23H,1-6H3.